The van der Waals surface area contributed by atoms with E-state index in [2.05, 4.69) is 0 Å². The minimum absolute atomic E-state index is 0.120. The average molecular weight is 360 g/mol. The van der Waals surface area contributed by atoms with E-state index >= 15 is 0 Å². The Bertz CT molecular complexity index is 647. The molecule has 6 nitrogen and oxygen atoms in total. The van der Waals surface area contributed by atoms with Crippen molar-refractivity contribution in [3.63, 3.8) is 0 Å². The van der Waals surface area contributed by atoms with Gasteiger partial charge in [-0.15, -0.1) is 0 Å². The summed E-state index contributed by atoms with van der Waals surface area (Å²) < 4.78 is 0. The van der Waals surface area contributed by atoms with Crippen LogP contribution in [0.4, 0.5) is 0 Å². The lowest BCUT2D eigenvalue weighted by atomic mass is 9.91. The minimum Gasteiger partial charge on any atom is -0.478 e. The summed E-state index contributed by atoms with van der Waals surface area (Å²) in [5.74, 6) is -0.482. The molecule has 0 bridgehead atoms. The molecule has 0 aliphatic carbocycles. The summed E-state index contributed by atoms with van der Waals surface area (Å²) >= 11 is 0. The number of piperidine rings is 1. The molecular formula is C20H28N2O4. The second-order valence-corrected chi connectivity index (χ2v) is 6.73. The highest BCUT2D eigenvalue weighted by Crippen LogP contribution is 2.23. The number of nitrogens with zero attached hydrogens (tertiary/aromatic N) is 2. The number of benzene rings is 1. The molecule has 1 aliphatic rings. The summed E-state index contributed by atoms with van der Waals surface area (Å²) in [7, 11) is 0. The molecule has 6 heteroatoms. The van der Waals surface area contributed by atoms with Crippen LogP contribution >= 0.6 is 0 Å². The summed E-state index contributed by atoms with van der Waals surface area (Å²) in [6, 6.07) is 6.17. The van der Waals surface area contributed by atoms with Gasteiger partial charge >= 0.3 is 5.97 Å². The molecule has 2 amide bonds. The Morgan fingerprint density at radius 2 is 1.73 bits per heavy atom. The van der Waals surface area contributed by atoms with Gasteiger partial charge in [-0.1, -0.05) is 6.07 Å². The van der Waals surface area contributed by atoms with Gasteiger partial charge in [0, 0.05) is 38.2 Å². The number of hydrogen-bond donors (Lipinski definition) is 1. The second-order valence-electron chi connectivity index (χ2n) is 6.73. The summed E-state index contributed by atoms with van der Waals surface area (Å²) in [5, 5.41) is 9.06. The van der Waals surface area contributed by atoms with E-state index in [1.807, 2.05) is 18.7 Å². The molecule has 1 aliphatic heterocycles. The van der Waals surface area contributed by atoms with E-state index in [0.29, 0.717) is 31.0 Å². The second kappa shape index (κ2) is 9.36. The highest BCUT2D eigenvalue weighted by molar-refractivity contribution is 5.97. The van der Waals surface area contributed by atoms with Crippen molar-refractivity contribution in [2.75, 3.05) is 26.2 Å². The Labute approximate surface area is 154 Å². The summed E-state index contributed by atoms with van der Waals surface area (Å²) in [4.78, 5) is 39.4. The minimum atomic E-state index is -1.03. The zero-order valence-corrected chi connectivity index (χ0v) is 15.6. The number of amides is 2. The van der Waals surface area contributed by atoms with E-state index < -0.39 is 5.97 Å². The zero-order valence-electron chi connectivity index (χ0n) is 15.6. The van der Waals surface area contributed by atoms with Crippen LogP contribution in [0.1, 0.15) is 60.2 Å². The number of hydrogen-bond acceptors (Lipinski definition) is 3. The third-order valence-electron chi connectivity index (χ3n) is 5.14. The van der Waals surface area contributed by atoms with Gasteiger partial charge in [0.05, 0.1) is 5.56 Å². The van der Waals surface area contributed by atoms with E-state index in [-0.39, 0.29) is 17.4 Å². The zero-order chi connectivity index (χ0) is 19.1. The lowest BCUT2D eigenvalue weighted by Gasteiger charge is -2.32. The molecule has 0 spiro atoms. The van der Waals surface area contributed by atoms with E-state index in [1.165, 1.54) is 12.1 Å². The Balaban J connectivity index is 1.84. The van der Waals surface area contributed by atoms with Crippen LogP contribution in [-0.2, 0) is 4.79 Å². The summed E-state index contributed by atoms with van der Waals surface area (Å²) in [5.41, 5.74) is 0.542. The lowest BCUT2D eigenvalue weighted by Crippen LogP contribution is -2.39. The standard InChI is InChI=1S/C20H28N2O4/c1-3-21(4-2)18(23)9-8-15-10-12-22(13-11-15)19(24)16-6-5-7-17(14-16)20(25)26/h5-7,14-15H,3-4,8-13H2,1-2H3,(H,25,26). The van der Waals surface area contributed by atoms with Gasteiger partial charge in [-0.05, 0) is 57.2 Å². The maximum Gasteiger partial charge on any atom is 0.335 e. The smallest absolute Gasteiger partial charge is 0.335 e. The molecule has 0 aromatic heterocycles. The largest absolute Gasteiger partial charge is 0.478 e. The Morgan fingerprint density at radius 1 is 1.12 bits per heavy atom. The maximum atomic E-state index is 12.6. The molecule has 2 rings (SSSR count). The van der Waals surface area contributed by atoms with Crippen LogP contribution in [-0.4, -0.2) is 58.9 Å². The molecule has 142 valence electrons. The van der Waals surface area contributed by atoms with E-state index in [4.69, 9.17) is 5.11 Å². The molecular weight excluding hydrogens is 332 g/mol. The molecule has 1 fully saturated rings. The van der Waals surface area contributed by atoms with E-state index in [0.717, 1.165) is 32.4 Å². The van der Waals surface area contributed by atoms with Gasteiger partial charge in [0.25, 0.3) is 5.91 Å². The predicted octanol–water partition coefficient (Wildman–Crippen LogP) is 2.89. The molecule has 0 radical (unpaired) electrons. The first-order valence-electron chi connectivity index (χ1n) is 9.36. The van der Waals surface area contributed by atoms with Gasteiger partial charge in [-0.3, -0.25) is 9.59 Å². The molecule has 0 saturated carbocycles. The molecule has 26 heavy (non-hydrogen) atoms. The van der Waals surface area contributed by atoms with Crippen molar-refractivity contribution in [3.8, 4) is 0 Å². The fourth-order valence-electron chi connectivity index (χ4n) is 3.45. The van der Waals surface area contributed by atoms with Gasteiger partial charge < -0.3 is 14.9 Å². The summed E-state index contributed by atoms with van der Waals surface area (Å²) in [6.07, 6.45) is 3.21. The molecule has 1 aromatic rings. The van der Waals surface area contributed by atoms with Crippen molar-refractivity contribution in [1.29, 1.82) is 0 Å². The number of carboxylic acid groups (broad SMARTS) is 1. The Hall–Kier alpha value is -2.37. The molecule has 1 heterocycles. The fraction of sp³-hybridized carbons (Fsp3) is 0.550. The van der Waals surface area contributed by atoms with Crippen LogP contribution in [0.15, 0.2) is 24.3 Å². The quantitative estimate of drug-likeness (QED) is 0.811. The van der Waals surface area contributed by atoms with Crippen LogP contribution in [0.3, 0.4) is 0 Å². The van der Waals surface area contributed by atoms with Crippen LogP contribution in [0.25, 0.3) is 0 Å². The van der Waals surface area contributed by atoms with Crippen molar-refractivity contribution in [1.82, 2.24) is 9.80 Å². The van der Waals surface area contributed by atoms with Crippen molar-refractivity contribution in [2.45, 2.75) is 39.5 Å². The highest BCUT2D eigenvalue weighted by atomic mass is 16.4. The number of rotatable bonds is 7. The molecule has 1 aromatic carbocycles. The predicted molar refractivity (Wildman–Crippen MR) is 99.2 cm³/mol. The number of carbonyl (C=O) groups excluding carboxylic acids is 2. The number of carbonyl (C=O) groups is 3. The monoisotopic (exact) mass is 360 g/mol. The fourth-order valence-corrected chi connectivity index (χ4v) is 3.45. The van der Waals surface area contributed by atoms with Crippen LogP contribution < -0.4 is 0 Å². The van der Waals surface area contributed by atoms with E-state index in [9.17, 15) is 14.4 Å². The average Bonchev–Trinajstić information content (AvgIpc) is 2.67. The third kappa shape index (κ3) is 5.07. The topological polar surface area (TPSA) is 77.9 Å². The molecule has 1 N–H and O–H groups in total. The van der Waals surface area contributed by atoms with Gasteiger partial charge in [0.1, 0.15) is 0 Å². The van der Waals surface area contributed by atoms with Gasteiger partial charge in [-0.2, -0.15) is 0 Å². The SMILES string of the molecule is CCN(CC)C(=O)CCC1CCN(C(=O)c2cccc(C(=O)O)c2)CC1. The first-order valence-corrected chi connectivity index (χ1v) is 9.36. The first kappa shape index (κ1) is 19.9. The van der Waals surface area contributed by atoms with Gasteiger partial charge in [0.15, 0.2) is 0 Å². The third-order valence-corrected chi connectivity index (χ3v) is 5.14. The van der Waals surface area contributed by atoms with Gasteiger partial charge in [0.2, 0.25) is 5.91 Å². The highest BCUT2D eigenvalue weighted by Gasteiger charge is 2.24. The molecule has 0 unspecified atom stereocenters. The van der Waals surface area contributed by atoms with Crippen molar-refractivity contribution in [3.05, 3.63) is 35.4 Å². The number of carboxylic acids is 1. The summed E-state index contributed by atoms with van der Waals surface area (Å²) in [6.45, 7) is 6.78. The Kier molecular flexibility index (Phi) is 7.18. The Morgan fingerprint density at radius 3 is 2.31 bits per heavy atom. The molecule has 1 saturated heterocycles. The van der Waals surface area contributed by atoms with Crippen LogP contribution in [0.5, 0.6) is 0 Å². The number of aromatic carboxylic acids is 1. The normalized spacial score (nSPS) is 14.9. The van der Waals surface area contributed by atoms with Crippen LogP contribution in [0, 0.1) is 5.92 Å². The van der Waals surface area contributed by atoms with Gasteiger partial charge in [-0.25, -0.2) is 4.79 Å². The van der Waals surface area contributed by atoms with Crippen LogP contribution in [0.2, 0.25) is 0 Å². The van der Waals surface area contributed by atoms with Crippen molar-refractivity contribution in [2.24, 2.45) is 5.92 Å². The maximum absolute atomic E-state index is 12.6. The number of likely N-dealkylation sites (tertiary alicyclic amines) is 1. The van der Waals surface area contributed by atoms with E-state index in [1.54, 1.807) is 17.0 Å². The van der Waals surface area contributed by atoms with Crippen molar-refractivity contribution >= 4 is 17.8 Å². The molecule has 0 atom stereocenters. The van der Waals surface area contributed by atoms with Crippen molar-refractivity contribution < 1.29 is 19.5 Å². The first-order chi connectivity index (χ1) is 12.5. The lowest BCUT2D eigenvalue weighted by molar-refractivity contribution is -0.131.